The van der Waals surface area contributed by atoms with Crippen LogP contribution in [0.4, 0.5) is 0 Å². The number of allylic oxidation sites excluding steroid dienone is 4. The summed E-state index contributed by atoms with van der Waals surface area (Å²) in [4.78, 5) is 0.725. The second-order valence-corrected chi connectivity index (χ2v) is 5.13. The molecule has 0 aliphatic heterocycles. The molecule has 1 aromatic carbocycles. The van der Waals surface area contributed by atoms with Gasteiger partial charge in [-0.05, 0) is 29.8 Å². The van der Waals surface area contributed by atoms with E-state index < -0.39 is 0 Å². The number of thioether (sulfide) groups is 1. The van der Waals surface area contributed by atoms with Crippen LogP contribution < -0.4 is 10.5 Å². The molecule has 4 N–H and O–H groups in total. The van der Waals surface area contributed by atoms with Crippen molar-refractivity contribution in [2.75, 3.05) is 7.11 Å². The highest BCUT2D eigenvalue weighted by Gasteiger charge is 2.19. The Morgan fingerprint density at radius 1 is 1.30 bits per heavy atom. The molecule has 1 aliphatic rings. The molecule has 0 heterocycles. The van der Waals surface area contributed by atoms with Crippen LogP contribution in [0.1, 0.15) is 5.56 Å². The number of hydrogen-bond acceptors (Lipinski definition) is 6. The van der Waals surface area contributed by atoms with Crippen molar-refractivity contribution >= 4 is 23.2 Å². The third-order valence-corrected chi connectivity index (χ3v) is 3.95. The Kier molecular flexibility index (Phi) is 4.47. The number of nitrogens with one attached hydrogen (secondary N) is 1. The van der Waals surface area contributed by atoms with Crippen LogP contribution in [0, 0.1) is 5.41 Å². The van der Waals surface area contributed by atoms with E-state index >= 15 is 0 Å². The fourth-order valence-corrected chi connectivity index (χ4v) is 2.62. The van der Waals surface area contributed by atoms with Crippen molar-refractivity contribution in [1.82, 2.24) is 0 Å². The van der Waals surface area contributed by atoms with Crippen LogP contribution in [-0.4, -0.2) is 23.7 Å². The van der Waals surface area contributed by atoms with E-state index in [1.165, 1.54) is 11.8 Å². The van der Waals surface area contributed by atoms with Gasteiger partial charge in [0.05, 0.1) is 18.5 Å². The third-order valence-electron chi connectivity index (χ3n) is 2.82. The summed E-state index contributed by atoms with van der Waals surface area (Å²) in [5.74, 6) is 1.53. The normalized spacial score (nSPS) is 16.9. The Bertz CT molecular complexity index is 603. The second kappa shape index (κ2) is 6.29. The molecule has 6 heteroatoms. The predicted octanol–water partition coefficient (Wildman–Crippen LogP) is 2.52. The van der Waals surface area contributed by atoms with E-state index in [-0.39, 0.29) is 11.4 Å². The van der Waals surface area contributed by atoms with Gasteiger partial charge in [-0.25, -0.2) is 0 Å². The number of nitrogens with zero attached hydrogens (tertiary/aromatic N) is 1. The van der Waals surface area contributed by atoms with Gasteiger partial charge >= 0.3 is 0 Å². The fraction of sp³-hybridized carbons (Fsp3) is 0.143. The molecule has 0 saturated heterocycles. The minimum Gasteiger partial charge on any atom is -0.497 e. The van der Waals surface area contributed by atoms with Gasteiger partial charge in [0.1, 0.15) is 5.75 Å². The molecule has 0 saturated carbocycles. The highest BCUT2D eigenvalue weighted by atomic mass is 32.2. The van der Waals surface area contributed by atoms with Crippen molar-refractivity contribution in [3.8, 4) is 5.75 Å². The summed E-state index contributed by atoms with van der Waals surface area (Å²) in [5, 5.41) is 19.9. The minimum absolute atomic E-state index is 0.115. The zero-order valence-corrected chi connectivity index (χ0v) is 11.8. The van der Waals surface area contributed by atoms with Gasteiger partial charge in [0, 0.05) is 10.7 Å². The topological polar surface area (TPSA) is 91.7 Å². The van der Waals surface area contributed by atoms with Crippen molar-refractivity contribution in [2.24, 2.45) is 10.9 Å². The summed E-state index contributed by atoms with van der Waals surface area (Å²) in [6, 6.07) is 7.75. The molecule has 2 rings (SSSR count). The molecule has 0 atom stereocenters. The van der Waals surface area contributed by atoms with Crippen molar-refractivity contribution < 1.29 is 9.94 Å². The average molecular weight is 289 g/mol. The first-order chi connectivity index (χ1) is 9.65. The number of nitrogens with two attached hydrogens (primary N) is 1. The highest BCUT2D eigenvalue weighted by molar-refractivity contribution is 8.03. The summed E-state index contributed by atoms with van der Waals surface area (Å²) in [5.41, 5.74) is 7.32. The first-order valence-corrected chi connectivity index (χ1v) is 6.89. The SMILES string of the molecule is COc1ccc(CSC2=CC=C(N)/C(=N/O)C2=N)cc1. The Morgan fingerprint density at radius 2 is 2.00 bits per heavy atom. The lowest BCUT2D eigenvalue weighted by molar-refractivity contribution is 0.320. The van der Waals surface area contributed by atoms with E-state index in [2.05, 4.69) is 5.16 Å². The smallest absolute Gasteiger partial charge is 0.151 e. The summed E-state index contributed by atoms with van der Waals surface area (Å²) in [7, 11) is 1.63. The molecule has 20 heavy (non-hydrogen) atoms. The Labute approximate surface area is 121 Å². The van der Waals surface area contributed by atoms with Gasteiger partial charge in [0.25, 0.3) is 0 Å². The van der Waals surface area contributed by atoms with Crippen LogP contribution in [0.5, 0.6) is 5.75 Å². The van der Waals surface area contributed by atoms with Gasteiger partial charge in [0.2, 0.25) is 0 Å². The van der Waals surface area contributed by atoms with Crippen LogP contribution in [0.2, 0.25) is 0 Å². The zero-order valence-electron chi connectivity index (χ0n) is 11.0. The molecule has 0 spiro atoms. The molecule has 0 amide bonds. The van der Waals surface area contributed by atoms with Gasteiger partial charge in [-0.3, -0.25) is 5.41 Å². The minimum atomic E-state index is 0.115. The molecule has 104 valence electrons. The van der Waals surface area contributed by atoms with Gasteiger partial charge in [0.15, 0.2) is 5.71 Å². The Hall–Kier alpha value is -2.21. The lowest BCUT2D eigenvalue weighted by Gasteiger charge is -2.14. The summed E-state index contributed by atoms with van der Waals surface area (Å²) < 4.78 is 5.10. The van der Waals surface area contributed by atoms with E-state index in [0.29, 0.717) is 11.4 Å². The number of hydrogen-bond donors (Lipinski definition) is 3. The van der Waals surface area contributed by atoms with Crippen molar-refractivity contribution in [1.29, 1.82) is 5.41 Å². The van der Waals surface area contributed by atoms with Crippen LogP contribution in [-0.2, 0) is 5.75 Å². The van der Waals surface area contributed by atoms with E-state index in [1.54, 1.807) is 19.3 Å². The second-order valence-electron chi connectivity index (χ2n) is 4.11. The van der Waals surface area contributed by atoms with Crippen LogP contribution in [0.3, 0.4) is 0 Å². The van der Waals surface area contributed by atoms with Gasteiger partial charge in [-0.15, -0.1) is 11.8 Å². The largest absolute Gasteiger partial charge is 0.497 e. The predicted molar refractivity (Wildman–Crippen MR) is 81.6 cm³/mol. The monoisotopic (exact) mass is 289 g/mol. The zero-order chi connectivity index (χ0) is 14.5. The molecule has 0 radical (unpaired) electrons. The number of ether oxygens (including phenoxy) is 1. The summed E-state index contributed by atoms with van der Waals surface area (Å²) in [6.07, 6.45) is 3.41. The van der Waals surface area contributed by atoms with Crippen LogP contribution in [0.25, 0.3) is 0 Å². The molecule has 1 aromatic rings. The van der Waals surface area contributed by atoms with Crippen LogP contribution >= 0.6 is 11.8 Å². The molecule has 0 aromatic heterocycles. The quantitative estimate of drug-likeness (QED) is 0.451. The molecular formula is C14H15N3O2S. The maximum Gasteiger partial charge on any atom is 0.151 e. The molecule has 5 nitrogen and oxygen atoms in total. The summed E-state index contributed by atoms with van der Waals surface area (Å²) in [6.45, 7) is 0. The maximum atomic E-state index is 8.87. The molecular weight excluding hydrogens is 274 g/mol. The van der Waals surface area contributed by atoms with Crippen LogP contribution in [0.15, 0.2) is 52.2 Å². The lowest BCUT2D eigenvalue weighted by atomic mass is 10.1. The van der Waals surface area contributed by atoms with E-state index in [4.69, 9.17) is 21.1 Å². The van der Waals surface area contributed by atoms with E-state index in [9.17, 15) is 0 Å². The maximum absolute atomic E-state index is 8.87. The number of oxime groups is 1. The Morgan fingerprint density at radius 3 is 2.60 bits per heavy atom. The fourth-order valence-electron chi connectivity index (χ4n) is 1.70. The lowest BCUT2D eigenvalue weighted by Crippen LogP contribution is -2.24. The van der Waals surface area contributed by atoms with Crippen molar-refractivity contribution in [3.05, 3.63) is 52.6 Å². The van der Waals surface area contributed by atoms with Gasteiger partial charge in [-0.1, -0.05) is 17.3 Å². The van der Waals surface area contributed by atoms with Gasteiger partial charge in [-0.2, -0.15) is 0 Å². The number of methoxy groups -OCH3 is 1. The highest BCUT2D eigenvalue weighted by Crippen LogP contribution is 2.26. The first-order valence-electron chi connectivity index (χ1n) is 5.90. The molecule has 1 aliphatic carbocycles. The molecule has 0 fully saturated rings. The average Bonchev–Trinajstić information content (AvgIpc) is 2.47. The summed E-state index contributed by atoms with van der Waals surface area (Å²) >= 11 is 1.50. The van der Waals surface area contributed by atoms with Crippen molar-refractivity contribution in [3.63, 3.8) is 0 Å². The van der Waals surface area contributed by atoms with E-state index in [1.807, 2.05) is 24.3 Å². The third kappa shape index (κ3) is 3.03. The molecule has 0 unspecified atom stereocenters. The standard InChI is InChI=1S/C14H15N3O2S/c1-19-10-4-2-9(3-5-10)8-20-12-7-6-11(15)14(17-18)13(12)16/h2-7,16,18H,8,15H2,1H3/b16-13?,17-14-. The van der Waals surface area contributed by atoms with E-state index in [0.717, 1.165) is 16.2 Å². The Balaban J connectivity index is 2.05. The first kappa shape index (κ1) is 14.2. The molecule has 0 bridgehead atoms. The number of benzene rings is 1. The van der Waals surface area contributed by atoms with Gasteiger partial charge < -0.3 is 15.7 Å². The van der Waals surface area contributed by atoms with Crippen molar-refractivity contribution in [2.45, 2.75) is 5.75 Å². The number of rotatable bonds is 4.